The molecular formula is C21H20N2O3. The van der Waals surface area contributed by atoms with Gasteiger partial charge in [0, 0.05) is 12.6 Å². The molecule has 0 aliphatic heterocycles. The van der Waals surface area contributed by atoms with Gasteiger partial charge in [-0.05, 0) is 42.0 Å². The normalized spacial score (nSPS) is 10.2. The smallest absolute Gasteiger partial charge is 0.337 e. The first-order valence-corrected chi connectivity index (χ1v) is 8.19. The first-order chi connectivity index (χ1) is 12.7. The molecular weight excluding hydrogens is 328 g/mol. The van der Waals surface area contributed by atoms with Crippen molar-refractivity contribution in [2.24, 2.45) is 0 Å². The molecule has 0 radical (unpaired) electrons. The Kier molecular flexibility index (Phi) is 5.39. The molecule has 0 saturated heterocycles. The van der Waals surface area contributed by atoms with Crippen LogP contribution in [0.15, 0.2) is 72.8 Å². The molecule has 0 atom stereocenters. The van der Waals surface area contributed by atoms with Gasteiger partial charge in [0.15, 0.2) is 0 Å². The Labute approximate surface area is 152 Å². The quantitative estimate of drug-likeness (QED) is 0.508. The molecule has 26 heavy (non-hydrogen) atoms. The van der Waals surface area contributed by atoms with Crippen molar-refractivity contribution in [3.63, 3.8) is 0 Å². The Morgan fingerprint density at radius 2 is 1.77 bits per heavy atom. The molecule has 0 fully saturated rings. The Balaban J connectivity index is 1.72. The number of carbonyl (C=O) groups is 1. The first-order valence-electron chi connectivity index (χ1n) is 8.19. The van der Waals surface area contributed by atoms with E-state index < -0.39 is 0 Å². The maximum Gasteiger partial charge on any atom is 0.337 e. The molecule has 0 aliphatic rings. The largest absolute Gasteiger partial charge is 0.465 e. The molecule has 3 aromatic carbocycles. The van der Waals surface area contributed by atoms with Gasteiger partial charge >= 0.3 is 5.97 Å². The lowest BCUT2D eigenvalue weighted by molar-refractivity contribution is 0.0600. The summed E-state index contributed by atoms with van der Waals surface area (Å²) in [6.07, 6.45) is 0. The number of nitrogens with two attached hydrogens (primary N) is 1. The van der Waals surface area contributed by atoms with E-state index in [0.717, 1.165) is 17.0 Å². The van der Waals surface area contributed by atoms with Crippen LogP contribution in [0.5, 0.6) is 11.5 Å². The predicted octanol–water partition coefficient (Wildman–Crippen LogP) is 4.46. The topological polar surface area (TPSA) is 73.6 Å². The van der Waals surface area contributed by atoms with Crippen LogP contribution in [0.2, 0.25) is 0 Å². The van der Waals surface area contributed by atoms with Crippen LogP contribution in [-0.4, -0.2) is 13.1 Å². The van der Waals surface area contributed by atoms with Crippen LogP contribution in [0.4, 0.5) is 11.4 Å². The lowest BCUT2D eigenvalue weighted by Crippen LogP contribution is -2.05. The number of para-hydroxylation sites is 1. The third kappa shape index (κ3) is 4.33. The molecule has 3 aromatic rings. The summed E-state index contributed by atoms with van der Waals surface area (Å²) in [6.45, 7) is 0.518. The average molecular weight is 348 g/mol. The fraction of sp³-hybridized carbons (Fsp3) is 0.0952. The molecule has 0 bridgehead atoms. The zero-order chi connectivity index (χ0) is 18.4. The van der Waals surface area contributed by atoms with Gasteiger partial charge in [0.1, 0.15) is 11.5 Å². The van der Waals surface area contributed by atoms with E-state index in [-0.39, 0.29) is 5.97 Å². The minimum atomic E-state index is -0.357. The number of carbonyl (C=O) groups excluding carboxylic acids is 1. The summed E-state index contributed by atoms with van der Waals surface area (Å²) in [4.78, 5) is 11.6. The number of benzene rings is 3. The molecule has 0 saturated carbocycles. The summed E-state index contributed by atoms with van der Waals surface area (Å²) in [6, 6.07) is 22.3. The van der Waals surface area contributed by atoms with Gasteiger partial charge < -0.3 is 20.5 Å². The van der Waals surface area contributed by atoms with E-state index in [1.54, 1.807) is 18.2 Å². The Morgan fingerprint density at radius 3 is 2.54 bits per heavy atom. The molecule has 0 unspecified atom stereocenters. The van der Waals surface area contributed by atoms with E-state index in [1.165, 1.54) is 7.11 Å². The average Bonchev–Trinajstić information content (AvgIpc) is 2.69. The number of hydrogen-bond donors (Lipinski definition) is 2. The maximum absolute atomic E-state index is 11.6. The van der Waals surface area contributed by atoms with Crippen LogP contribution in [-0.2, 0) is 11.3 Å². The van der Waals surface area contributed by atoms with Gasteiger partial charge in [0.2, 0.25) is 0 Å². The second-order valence-electron chi connectivity index (χ2n) is 5.71. The second kappa shape index (κ2) is 8.07. The van der Waals surface area contributed by atoms with E-state index in [9.17, 15) is 4.79 Å². The minimum Gasteiger partial charge on any atom is -0.465 e. The highest BCUT2D eigenvalue weighted by Crippen LogP contribution is 2.28. The van der Waals surface area contributed by atoms with Gasteiger partial charge in [-0.2, -0.15) is 0 Å². The van der Waals surface area contributed by atoms with Crippen LogP contribution >= 0.6 is 0 Å². The summed E-state index contributed by atoms with van der Waals surface area (Å²) in [5.74, 6) is 1.09. The third-order valence-corrected chi connectivity index (χ3v) is 3.83. The number of esters is 1. The van der Waals surface area contributed by atoms with Crippen LogP contribution in [0.25, 0.3) is 0 Å². The molecule has 3 N–H and O–H groups in total. The van der Waals surface area contributed by atoms with Crippen molar-refractivity contribution in [1.29, 1.82) is 0 Å². The minimum absolute atomic E-state index is 0.357. The van der Waals surface area contributed by atoms with Gasteiger partial charge in [-0.25, -0.2) is 4.79 Å². The summed E-state index contributed by atoms with van der Waals surface area (Å²) in [7, 11) is 1.37. The van der Waals surface area contributed by atoms with E-state index >= 15 is 0 Å². The zero-order valence-corrected chi connectivity index (χ0v) is 14.4. The van der Waals surface area contributed by atoms with Crippen LogP contribution in [0.3, 0.4) is 0 Å². The predicted molar refractivity (Wildman–Crippen MR) is 102 cm³/mol. The lowest BCUT2D eigenvalue weighted by Gasteiger charge is -2.12. The summed E-state index contributed by atoms with van der Waals surface area (Å²) in [5.41, 5.74) is 8.90. The molecule has 0 spiro atoms. The molecule has 0 amide bonds. The molecule has 5 nitrogen and oxygen atoms in total. The number of ether oxygens (including phenoxy) is 2. The summed E-state index contributed by atoms with van der Waals surface area (Å²) < 4.78 is 10.6. The van der Waals surface area contributed by atoms with Gasteiger partial charge in [0.05, 0.1) is 24.0 Å². The number of methoxy groups -OCH3 is 1. The third-order valence-electron chi connectivity index (χ3n) is 3.83. The van der Waals surface area contributed by atoms with E-state index in [2.05, 4.69) is 5.32 Å². The number of nitrogen functional groups attached to an aromatic ring is 1. The van der Waals surface area contributed by atoms with Crippen molar-refractivity contribution in [2.45, 2.75) is 6.54 Å². The second-order valence-corrected chi connectivity index (χ2v) is 5.71. The number of rotatable bonds is 6. The van der Waals surface area contributed by atoms with Gasteiger partial charge in [-0.15, -0.1) is 0 Å². The molecule has 5 heteroatoms. The number of hydrogen-bond acceptors (Lipinski definition) is 5. The molecule has 0 aliphatic carbocycles. The maximum atomic E-state index is 11.6. The van der Waals surface area contributed by atoms with Gasteiger partial charge in [-0.1, -0.05) is 30.3 Å². The van der Waals surface area contributed by atoms with Gasteiger partial charge in [0.25, 0.3) is 0 Å². The van der Waals surface area contributed by atoms with Crippen molar-refractivity contribution in [2.75, 3.05) is 18.2 Å². The zero-order valence-electron chi connectivity index (χ0n) is 14.4. The number of nitrogens with one attached hydrogen (secondary N) is 1. The molecule has 0 heterocycles. The highest BCUT2D eigenvalue weighted by molar-refractivity contribution is 5.89. The Hall–Kier alpha value is -3.47. The monoisotopic (exact) mass is 348 g/mol. The first kappa shape index (κ1) is 17.4. The van der Waals surface area contributed by atoms with E-state index in [4.69, 9.17) is 15.2 Å². The summed E-state index contributed by atoms with van der Waals surface area (Å²) >= 11 is 0. The molecule has 0 aromatic heterocycles. The SMILES string of the molecule is COC(=O)c1cccc(CNc2cc(Oc3ccccc3)ccc2N)c1. The highest BCUT2D eigenvalue weighted by atomic mass is 16.5. The standard InChI is InChI=1S/C21H20N2O3/c1-25-21(24)16-7-5-6-15(12-16)14-23-20-13-18(10-11-19(20)22)26-17-8-3-2-4-9-17/h2-13,23H,14,22H2,1H3. The Bertz CT molecular complexity index is 895. The lowest BCUT2D eigenvalue weighted by atomic mass is 10.1. The van der Waals surface area contributed by atoms with Crippen molar-refractivity contribution in [1.82, 2.24) is 0 Å². The number of anilines is 2. The highest BCUT2D eigenvalue weighted by Gasteiger charge is 2.07. The van der Waals surface area contributed by atoms with Crippen molar-refractivity contribution in [3.8, 4) is 11.5 Å². The van der Waals surface area contributed by atoms with Crippen molar-refractivity contribution < 1.29 is 14.3 Å². The Morgan fingerprint density at radius 1 is 0.962 bits per heavy atom. The van der Waals surface area contributed by atoms with Crippen molar-refractivity contribution >= 4 is 17.3 Å². The van der Waals surface area contributed by atoms with Gasteiger partial charge in [-0.3, -0.25) is 0 Å². The fourth-order valence-corrected chi connectivity index (χ4v) is 2.50. The fourth-order valence-electron chi connectivity index (χ4n) is 2.50. The summed E-state index contributed by atoms with van der Waals surface area (Å²) in [5, 5.41) is 3.28. The van der Waals surface area contributed by atoms with Crippen molar-refractivity contribution in [3.05, 3.63) is 83.9 Å². The molecule has 132 valence electrons. The van der Waals surface area contributed by atoms with E-state index in [1.807, 2.05) is 54.6 Å². The van der Waals surface area contributed by atoms with E-state index in [0.29, 0.717) is 23.5 Å². The van der Waals surface area contributed by atoms with Crippen LogP contribution in [0, 0.1) is 0 Å². The van der Waals surface area contributed by atoms with Crippen LogP contribution < -0.4 is 15.8 Å². The molecule has 3 rings (SSSR count). The van der Waals surface area contributed by atoms with Crippen LogP contribution in [0.1, 0.15) is 15.9 Å².